The van der Waals surface area contributed by atoms with E-state index in [1.807, 2.05) is 13.1 Å². The Labute approximate surface area is 220 Å². The first kappa shape index (κ1) is 24.8. The molecule has 0 radical (unpaired) electrons. The number of H-pyrrole nitrogens is 1. The van der Waals surface area contributed by atoms with E-state index >= 15 is 0 Å². The highest BCUT2D eigenvalue weighted by Gasteiger charge is 2.57. The van der Waals surface area contributed by atoms with Gasteiger partial charge in [0.2, 0.25) is 5.91 Å². The summed E-state index contributed by atoms with van der Waals surface area (Å²) in [7, 11) is 0. The molecular formula is C31H42N4O2. The standard InChI is InChI=1S/C31H42N4O2/c1-2-23(36)6-4-3-5-7-27(35-30(37)26-18-31(26)12-14-32-15-13-31)29-33-19-28(34-29)22-10-11-24-20-8-9-21(16-20)25(24)17-22/h10-11,17,19-21,26-27,32H,2-9,12-16,18H2,1H3,(H,33,34)(H,35,37)/t20?,21?,26-,27+/m1/s1. The van der Waals surface area contributed by atoms with E-state index in [1.54, 1.807) is 5.56 Å². The molecule has 3 N–H and O–H groups in total. The van der Waals surface area contributed by atoms with Crippen LogP contribution in [0.4, 0.5) is 0 Å². The molecule has 198 valence electrons. The van der Waals surface area contributed by atoms with E-state index in [2.05, 4.69) is 33.8 Å². The van der Waals surface area contributed by atoms with Gasteiger partial charge in [0.05, 0.1) is 17.9 Å². The summed E-state index contributed by atoms with van der Waals surface area (Å²) in [6, 6.07) is 6.82. The van der Waals surface area contributed by atoms with Crippen LogP contribution in [-0.4, -0.2) is 34.7 Å². The van der Waals surface area contributed by atoms with Crippen LogP contribution >= 0.6 is 0 Å². The zero-order valence-corrected chi connectivity index (χ0v) is 22.3. The molecule has 1 aromatic carbocycles. The number of nitrogens with zero attached hydrogens (tertiary/aromatic N) is 1. The van der Waals surface area contributed by atoms with Gasteiger partial charge >= 0.3 is 0 Å². The molecule has 6 nitrogen and oxygen atoms in total. The van der Waals surface area contributed by atoms with Crippen LogP contribution in [0.15, 0.2) is 24.4 Å². The van der Waals surface area contributed by atoms with Gasteiger partial charge in [-0.25, -0.2) is 4.98 Å². The van der Waals surface area contributed by atoms with Gasteiger partial charge in [-0.05, 0) is 104 Å². The molecule has 1 spiro atoms. The lowest BCUT2D eigenvalue weighted by molar-refractivity contribution is -0.124. The number of fused-ring (bicyclic) bond motifs is 5. The van der Waals surface area contributed by atoms with Crippen molar-refractivity contribution in [2.45, 2.75) is 102 Å². The van der Waals surface area contributed by atoms with Crippen molar-refractivity contribution in [1.82, 2.24) is 20.6 Å². The van der Waals surface area contributed by atoms with Crippen LogP contribution in [-0.2, 0) is 9.59 Å². The molecule has 2 bridgehead atoms. The van der Waals surface area contributed by atoms with Crippen LogP contribution in [0.1, 0.15) is 119 Å². The number of hydrogen-bond acceptors (Lipinski definition) is 4. The van der Waals surface area contributed by atoms with Crippen molar-refractivity contribution in [3.63, 3.8) is 0 Å². The maximum absolute atomic E-state index is 13.3. The van der Waals surface area contributed by atoms with E-state index in [1.165, 1.54) is 30.4 Å². The second kappa shape index (κ2) is 10.4. The summed E-state index contributed by atoms with van der Waals surface area (Å²) < 4.78 is 0. The Hall–Kier alpha value is -2.47. The number of aromatic amines is 1. The Bertz CT molecular complexity index is 1150. The predicted molar refractivity (Wildman–Crippen MR) is 145 cm³/mol. The van der Waals surface area contributed by atoms with Crippen LogP contribution in [0.3, 0.4) is 0 Å². The number of imidazole rings is 1. The Morgan fingerprint density at radius 3 is 2.73 bits per heavy atom. The number of rotatable bonds is 11. The normalized spacial score (nSPS) is 25.7. The van der Waals surface area contributed by atoms with Crippen molar-refractivity contribution < 1.29 is 9.59 Å². The molecule has 4 atom stereocenters. The quantitative estimate of drug-likeness (QED) is 0.333. The second-order valence-corrected chi connectivity index (χ2v) is 12.2. The summed E-state index contributed by atoms with van der Waals surface area (Å²) in [5, 5.41) is 6.82. The second-order valence-electron chi connectivity index (χ2n) is 12.2. The average molecular weight is 503 g/mol. The third-order valence-electron chi connectivity index (χ3n) is 9.90. The number of unbranched alkanes of at least 4 members (excludes halogenated alkanes) is 2. The van der Waals surface area contributed by atoms with Crippen molar-refractivity contribution in [2.24, 2.45) is 11.3 Å². The fraction of sp³-hybridized carbons (Fsp3) is 0.645. The summed E-state index contributed by atoms with van der Waals surface area (Å²) in [6.45, 7) is 3.97. The number of amides is 1. The van der Waals surface area contributed by atoms with Crippen LogP contribution in [0, 0.1) is 11.3 Å². The first-order valence-corrected chi connectivity index (χ1v) is 14.8. The van der Waals surface area contributed by atoms with Gasteiger partial charge in [-0.3, -0.25) is 9.59 Å². The number of hydrogen-bond donors (Lipinski definition) is 3. The number of carbonyl (C=O) groups excluding carboxylic acids is 2. The smallest absolute Gasteiger partial charge is 0.224 e. The highest BCUT2D eigenvalue weighted by Crippen LogP contribution is 2.58. The van der Waals surface area contributed by atoms with Crippen molar-refractivity contribution in [1.29, 1.82) is 0 Å². The molecule has 1 amide bonds. The van der Waals surface area contributed by atoms with Crippen LogP contribution < -0.4 is 10.6 Å². The lowest BCUT2D eigenvalue weighted by atomic mass is 9.90. The fourth-order valence-corrected chi connectivity index (χ4v) is 7.44. The third-order valence-corrected chi connectivity index (χ3v) is 9.90. The molecule has 1 aliphatic heterocycles. The van der Waals surface area contributed by atoms with Gasteiger partial charge in [-0.1, -0.05) is 31.9 Å². The average Bonchev–Trinajstić information content (AvgIpc) is 3.34. The molecule has 2 heterocycles. The Morgan fingerprint density at radius 1 is 1.11 bits per heavy atom. The maximum Gasteiger partial charge on any atom is 0.224 e. The largest absolute Gasteiger partial charge is 0.346 e. The monoisotopic (exact) mass is 502 g/mol. The van der Waals surface area contributed by atoms with Crippen molar-refractivity contribution in [2.75, 3.05) is 13.1 Å². The van der Waals surface area contributed by atoms with Crippen LogP contribution in [0.25, 0.3) is 11.3 Å². The summed E-state index contributed by atoms with van der Waals surface area (Å²) in [6.07, 6.45) is 14.2. The molecule has 1 saturated heterocycles. The van der Waals surface area contributed by atoms with E-state index in [-0.39, 0.29) is 23.3 Å². The Balaban J connectivity index is 1.14. The van der Waals surface area contributed by atoms with Gasteiger partial charge in [0.15, 0.2) is 0 Å². The molecule has 1 aromatic heterocycles. The fourth-order valence-electron chi connectivity index (χ4n) is 7.44. The minimum atomic E-state index is -0.118. The minimum Gasteiger partial charge on any atom is -0.346 e. The van der Waals surface area contributed by atoms with E-state index in [4.69, 9.17) is 4.98 Å². The van der Waals surface area contributed by atoms with E-state index < -0.39 is 0 Å². The Morgan fingerprint density at radius 2 is 1.92 bits per heavy atom. The number of nitrogens with one attached hydrogen (secondary N) is 3. The minimum absolute atomic E-state index is 0.118. The van der Waals surface area contributed by atoms with Crippen molar-refractivity contribution >= 4 is 11.7 Å². The number of aromatic nitrogens is 2. The zero-order valence-electron chi connectivity index (χ0n) is 22.3. The number of ketones is 1. The first-order chi connectivity index (χ1) is 18.1. The topological polar surface area (TPSA) is 86.9 Å². The molecular weight excluding hydrogens is 460 g/mol. The molecule has 37 heavy (non-hydrogen) atoms. The van der Waals surface area contributed by atoms with Gasteiger partial charge in [-0.15, -0.1) is 0 Å². The molecule has 3 fully saturated rings. The number of carbonyl (C=O) groups is 2. The number of Topliss-reactive ketones (excluding diaryl/α,β-unsaturated/α-hetero) is 1. The molecule has 4 aliphatic rings. The first-order valence-electron chi connectivity index (χ1n) is 14.8. The SMILES string of the molecule is CCC(=O)CCCCC[C@H](NC(=O)[C@H]1CC12CCNCC2)c1ncc(-c2ccc3c(c2)C2CCC3C2)[nH]1. The Kier molecular flexibility index (Phi) is 6.95. The highest BCUT2D eigenvalue weighted by atomic mass is 16.2. The zero-order chi connectivity index (χ0) is 25.4. The van der Waals surface area contributed by atoms with Crippen molar-refractivity contribution in [3.8, 4) is 11.3 Å². The van der Waals surface area contributed by atoms with Gasteiger partial charge in [0.25, 0.3) is 0 Å². The van der Waals surface area contributed by atoms with Gasteiger partial charge < -0.3 is 15.6 Å². The van der Waals surface area contributed by atoms with E-state index in [0.717, 1.165) is 81.4 Å². The summed E-state index contributed by atoms with van der Waals surface area (Å²) >= 11 is 0. The molecule has 6 rings (SSSR count). The number of piperidine rings is 1. The highest BCUT2D eigenvalue weighted by molar-refractivity contribution is 5.83. The van der Waals surface area contributed by atoms with Crippen molar-refractivity contribution in [3.05, 3.63) is 41.3 Å². The van der Waals surface area contributed by atoms with Gasteiger partial charge in [0, 0.05) is 18.8 Å². The molecule has 3 aliphatic carbocycles. The lowest BCUT2D eigenvalue weighted by Gasteiger charge is -2.24. The molecule has 6 heteroatoms. The van der Waals surface area contributed by atoms with Gasteiger partial charge in [-0.2, -0.15) is 0 Å². The number of benzene rings is 1. The molecule has 2 aromatic rings. The predicted octanol–water partition coefficient (Wildman–Crippen LogP) is 5.92. The summed E-state index contributed by atoms with van der Waals surface area (Å²) in [5.41, 5.74) is 5.55. The maximum atomic E-state index is 13.3. The third kappa shape index (κ3) is 5.01. The lowest BCUT2D eigenvalue weighted by Crippen LogP contribution is -2.35. The van der Waals surface area contributed by atoms with Crippen LogP contribution in [0.2, 0.25) is 0 Å². The van der Waals surface area contributed by atoms with E-state index in [0.29, 0.717) is 18.6 Å². The van der Waals surface area contributed by atoms with E-state index in [9.17, 15) is 9.59 Å². The molecule has 2 unspecified atom stereocenters. The van der Waals surface area contributed by atoms with Crippen LogP contribution in [0.5, 0.6) is 0 Å². The summed E-state index contributed by atoms with van der Waals surface area (Å²) in [4.78, 5) is 33.4. The van der Waals surface area contributed by atoms with Gasteiger partial charge in [0.1, 0.15) is 11.6 Å². The molecule has 2 saturated carbocycles. The summed E-state index contributed by atoms with van der Waals surface area (Å²) in [5.74, 6) is 3.03.